The number of aromatic nitrogens is 4. The standard InChI is InChI=1S/C42H50N8O4/c1-24-7-8-28(18-32(24)40(53)43-3)46-39-36-34(45-23-49(36)29-9-10-29)21-33(47-39)27-17-35-38(44-22-27)42(13-11-26(12-14-42)37(52)25(2)51)41(54)50(35)31-19-30(20-31)48-15-5-4-6-16-48/h7-8,17-18,21-23,25-26,29-31,51H,4-6,9-16,19-20H2,1-3H3,(H,43,53)(H,46,47)/t25-,26?,30-,31+,42?/m1/s1. The van der Waals surface area contributed by atoms with Crippen LogP contribution in [0.25, 0.3) is 22.3 Å². The summed E-state index contributed by atoms with van der Waals surface area (Å²) < 4.78 is 2.20. The van der Waals surface area contributed by atoms with Crippen LogP contribution in [0.1, 0.15) is 105 Å². The highest BCUT2D eigenvalue weighted by Crippen LogP contribution is 2.53. The number of benzene rings is 1. The lowest BCUT2D eigenvalue weighted by Crippen LogP contribution is -2.57. The van der Waals surface area contributed by atoms with Gasteiger partial charge in [0.2, 0.25) is 5.91 Å². The van der Waals surface area contributed by atoms with Crippen molar-refractivity contribution in [2.75, 3.05) is 30.4 Å². The number of fused-ring (bicyclic) bond motifs is 3. The number of hydrogen-bond acceptors (Lipinski definition) is 9. The molecule has 12 nitrogen and oxygen atoms in total. The van der Waals surface area contributed by atoms with Crippen LogP contribution in [0.15, 0.2) is 42.9 Å². The fraction of sp³-hybridized carbons (Fsp3) is 0.524. The Bertz CT molecular complexity index is 2140. The minimum Gasteiger partial charge on any atom is -0.386 e. The number of likely N-dealkylation sites (tertiary alicyclic amines) is 1. The number of rotatable bonds is 9. The lowest BCUT2D eigenvalue weighted by atomic mass is 9.67. The summed E-state index contributed by atoms with van der Waals surface area (Å²) in [6.45, 7) is 5.72. The van der Waals surface area contributed by atoms with Gasteiger partial charge in [-0.25, -0.2) is 9.97 Å². The number of amides is 2. The van der Waals surface area contributed by atoms with Crippen molar-refractivity contribution in [1.82, 2.24) is 29.7 Å². The van der Waals surface area contributed by atoms with Crippen LogP contribution in [-0.4, -0.2) is 85.4 Å². The third-order valence-electron chi connectivity index (χ3n) is 13.0. The Morgan fingerprint density at radius 2 is 1.72 bits per heavy atom. The second kappa shape index (κ2) is 13.6. The lowest BCUT2D eigenvalue weighted by molar-refractivity contribution is -0.134. The summed E-state index contributed by atoms with van der Waals surface area (Å²) in [6.07, 6.45) is 12.8. The highest BCUT2D eigenvalue weighted by molar-refractivity contribution is 6.09. The van der Waals surface area contributed by atoms with Crippen LogP contribution in [0.5, 0.6) is 0 Å². The Kier molecular flexibility index (Phi) is 8.80. The third-order valence-corrected chi connectivity index (χ3v) is 13.0. The summed E-state index contributed by atoms with van der Waals surface area (Å²) in [5.74, 6) is 0.222. The van der Waals surface area contributed by atoms with E-state index in [9.17, 15) is 19.5 Å². The Labute approximate surface area is 315 Å². The van der Waals surface area contributed by atoms with Gasteiger partial charge in [0.15, 0.2) is 11.6 Å². The van der Waals surface area contributed by atoms with Crippen molar-refractivity contribution in [1.29, 1.82) is 0 Å². The van der Waals surface area contributed by atoms with Crippen LogP contribution in [0.2, 0.25) is 0 Å². The molecule has 5 heterocycles. The number of imidazole rings is 1. The molecule has 3 aliphatic carbocycles. The number of aryl methyl sites for hydroxylation is 1. The Balaban J connectivity index is 1.09. The quantitative estimate of drug-likeness (QED) is 0.189. The van der Waals surface area contributed by atoms with Crippen LogP contribution < -0.4 is 15.5 Å². The highest BCUT2D eigenvalue weighted by Gasteiger charge is 2.57. The van der Waals surface area contributed by atoms with Gasteiger partial charge in [-0.15, -0.1) is 0 Å². The molecule has 1 spiro atoms. The van der Waals surface area contributed by atoms with Crippen molar-refractivity contribution in [3.63, 3.8) is 0 Å². The lowest BCUT2D eigenvalue weighted by Gasteiger charge is -2.48. The summed E-state index contributed by atoms with van der Waals surface area (Å²) >= 11 is 0. The number of aliphatic hydroxyl groups is 1. The molecule has 12 heteroatoms. The predicted molar refractivity (Wildman–Crippen MR) is 207 cm³/mol. The van der Waals surface area contributed by atoms with E-state index in [2.05, 4.69) is 31.1 Å². The predicted octanol–water partition coefficient (Wildman–Crippen LogP) is 5.98. The molecule has 0 bridgehead atoms. The highest BCUT2D eigenvalue weighted by atomic mass is 16.3. The van der Waals surface area contributed by atoms with E-state index in [0.29, 0.717) is 54.8 Å². The van der Waals surface area contributed by atoms with Gasteiger partial charge in [0, 0.05) is 54.1 Å². The Hall–Kier alpha value is -4.68. The third kappa shape index (κ3) is 5.89. The van der Waals surface area contributed by atoms with Crippen LogP contribution in [0.4, 0.5) is 17.2 Å². The number of carbonyl (C=O) groups excluding carboxylic acids is 3. The minimum absolute atomic E-state index is 0.0920. The molecule has 4 fully saturated rings. The second-order valence-corrected chi connectivity index (χ2v) is 16.4. The van der Waals surface area contributed by atoms with Crippen molar-refractivity contribution >= 4 is 45.8 Å². The summed E-state index contributed by atoms with van der Waals surface area (Å²) in [7, 11) is 1.63. The first kappa shape index (κ1) is 35.0. The van der Waals surface area contributed by atoms with Crippen LogP contribution in [-0.2, 0) is 15.0 Å². The molecule has 3 aromatic heterocycles. The Morgan fingerprint density at radius 1 is 0.963 bits per heavy atom. The summed E-state index contributed by atoms with van der Waals surface area (Å²) in [6, 6.07) is 10.8. The van der Waals surface area contributed by atoms with Gasteiger partial charge in [-0.1, -0.05) is 12.5 Å². The van der Waals surface area contributed by atoms with Gasteiger partial charge < -0.3 is 30.1 Å². The van der Waals surface area contributed by atoms with E-state index < -0.39 is 11.5 Å². The fourth-order valence-corrected chi connectivity index (χ4v) is 9.63. The number of pyridine rings is 2. The number of piperidine rings is 1. The number of aliphatic hydroxyl groups excluding tert-OH is 1. The topological polar surface area (TPSA) is 146 Å². The molecule has 3 N–H and O–H groups in total. The largest absolute Gasteiger partial charge is 0.386 e. The van der Waals surface area contributed by atoms with E-state index >= 15 is 0 Å². The molecular formula is C42H50N8O4. The number of carbonyl (C=O) groups is 3. The molecule has 2 amide bonds. The molecule has 1 saturated heterocycles. The number of Topliss-reactive ketones (excluding diaryl/α,β-unsaturated/α-hetero) is 1. The molecule has 2 aliphatic heterocycles. The van der Waals surface area contributed by atoms with Gasteiger partial charge in [-0.05, 0) is 121 Å². The molecule has 1 aromatic carbocycles. The van der Waals surface area contributed by atoms with Gasteiger partial charge in [-0.2, -0.15) is 0 Å². The maximum Gasteiger partial charge on any atom is 0.251 e. The Morgan fingerprint density at radius 3 is 2.43 bits per heavy atom. The summed E-state index contributed by atoms with van der Waals surface area (Å²) in [4.78, 5) is 60.1. The molecule has 282 valence electrons. The van der Waals surface area contributed by atoms with Gasteiger partial charge >= 0.3 is 0 Å². The molecule has 0 unspecified atom stereocenters. The number of anilines is 3. The van der Waals surface area contributed by atoms with E-state index in [1.807, 2.05) is 43.7 Å². The zero-order chi connectivity index (χ0) is 37.3. The SMILES string of the molecule is CNC(=O)c1cc(Nc2nc(-c3cnc4c(c3)N([C@H]3C[C@@H](N5CCCCC5)C3)C(=O)C43CCC(C(=O)[C@@H](C)O)CC3)cc3ncn(C4CC4)c23)ccc1C. The molecular weight excluding hydrogens is 681 g/mol. The summed E-state index contributed by atoms with van der Waals surface area (Å²) in [5.41, 5.74) is 6.32. The molecule has 1 atom stereocenters. The van der Waals surface area contributed by atoms with Crippen LogP contribution in [0.3, 0.4) is 0 Å². The average molecular weight is 731 g/mol. The van der Waals surface area contributed by atoms with Gasteiger partial charge in [0.25, 0.3) is 5.91 Å². The molecule has 5 aliphatic rings. The minimum atomic E-state index is -1.00. The first-order chi connectivity index (χ1) is 26.1. The van der Waals surface area contributed by atoms with Crippen molar-refractivity contribution in [3.05, 3.63) is 59.7 Å². The van der Waals surface area contributed by atoms with E-state index in [1.54, 1.807) is 7.05 Å². The molecule has 0 radical (unpaired) electrons. The van der Waals surface area contributed by atoms with E-state index in [-0.39, 0.29) is 29.6 Å². The molecule has 54 heavy (non-hydrogen) atoms. The van der Waals surface area contributed by atoms with Crippen LogP contribution in [0, 0.1) is 12.8 Å². The maximum atomic E-state index is 14.8. The monoisotopic (exact) mass is 730 g/mol. The fourth-order valence-electron chi connectivity index (χ4n) is 9.63. The zero-order valence-corrected chi connectivity index (χ0v) is 31.5. The molecule has 4 aromatic rings. The van der Waals surface area contributed by atoms with Crippen molar-refractivity contribution in [2.24, 2.45) is 5.92 Å². The number of nitrogens with zero attached hydrogens (tertiary/aromatic N) is 6. The van der Waals surface area contributed by atoms with Crippen LogP contribution >= 0.6 is 0 Å². The van der Waals surface area contributed by atoms with E-state index in [4.69, 9.17) is 15.0 Å². The smallest absolute Gasteiger partial charge is 0.251 e. The second-order valence-electron chi connectivity index (χ2n) is 16.4. The molecule has 3 saturated carbocycles. The summed E-state index contributed by atoms with van der Waals surface area (Å²) in [5, 5.41) is 16.3. The number of nitrogens with one attached hydrogen (secondary N) is 2. The maximum absolute atomic E-state index is 14.8. The van der Waals surface area contributed by atoms with Crippen molar-refractivity contribution in [2.45, 2.75) is 114 Å². The zero-order valence-electron chi connectivity index (χ0n) is 31.5. The first-order valence-electron chi connectivity index (χ1n) is 19.9. The number of hydrogen-bond donors (Lipinski definition) is 3. The molecule has 9 rings (SSSR count). The van der Waals surface area contributed by atoms with E-state index in [0.717, 1.165) is 78.0 Å². The van der Waals surface area contributed by atoms with Gasteiger partial charge in [0.1, 0.15) is 11.6 Å². The van der Waals surface area contributed by atoms with Crippen molar-refractivity contribution in [3.8, 4) is 11.3 Å². The first-order valence-corrected chi connectivity index (χ1v) is 19.9. The normalized spacial score (nSPS) is 26.1. The average Bonchev–Trinajstić information content (AvgIpc) is 3.89. The van der Waals surface area contributed by atoms with E-state index in [1.165, 1.54) is 26.2 Å². The van der Waals surface area contributed by atoms with Gasteiger partial charge in [-0.3, -0.25) is 19.4 Å². The number of ketones is 1. The van der Waals surface area contributed by atoms with Crippen molar-refractivity contribution < 1.29 is 19.5 Å². The van der Waals surface area contributed by atoms with Gasteiger partial charge in [0.05, 0.1) is 34.3 Å².